The molecular formula is C8H16N2S. The molecule has 2 atom stereocenters. The van der Waals surface area contributed by atoms with Crippen LogP contribution in [-0.4, -0.2) is 41.6 Å². The van der Waals surface area contributed by atoms with E-state index in [1.807, 2.05) is 0 Å². The maximum absolute atomic E-state index is 6.03. The minimum absolute atomic E-state index is 0.455. The number of hydrogen-bond acceptors (Lipinski definition) is 3. The van der Waals surface area contributed by atoms with Crippen molar-refractivity contribution >= 4 is 11.8 Å². The second-order valence-corrected chi connectivity index (χ2v) is 4.63. The average molecular weight is 172 g/mol. The first-order valence-electron chi connectivity index (χ1n) is 4.45. The highest BCUT2D eigenvalue weighted by Crippen LogP contribution is 2.23. The number of nitrogens with zero attached hydrogens (tertiary/aromatic N) is 1. The Morgan fingerprint density at radius 2 is 2.27 bits per heavy atom. The maximum Gasteiger partial charge on any atom is 0.0338 e. The molecule has 0 aromatic rings. The summed E-state index contributed by atoms with van der Waals surface area (Å²) in [4.78, 5) is 2.57. The molecule has 2 saturated heterocycles. The normalized spacial score (nSPS) is 40.1. The SMILES string of the molecule is N[C@H]1CCCN2CCSC[C@@H]12. The van der Waals surface area contributed by atoms with Crippen molar-refractivity contribution in [2.24, 2.45) is 5.73 Å². The summed E-state index contributed by atoms with van der Waals surface area (Å²) >= 11 is 2.06. The third-order valence-electron chi connectivity index (χ3n) is 2.76. The van der Waals surface area contributed by atoms with Crippen LogP contribution in [-0.2, 0) is 0 Å². The fourth-order valence-corrected chi connectivity index (χ4v) is 3.28. The van der Waals surface area contributed by atoms with Gasteiger partial charge in [0.15, 0.2) is 0 Å². The fourth-order valence-electron chi connectivity index (χ4n) is 2.05. The number of nitrogens with two attached hydrogens (primary N) is 1. The Labute approximate surface area is 72.5 Å². The molecule has 0 aromatic heterocycles. The van der Waals surface area contributed by atoms with Crippen LogP contribution in [0.4, 0.5) is 0 Å². The first-order valence-corrected chi connectivity index (χ1v) is 5.61. The molecule has 2 aliphatic rings. The summed E-state index contributed by atoms with van der Waals surface area (Å²) in [5, 5.41) is 0. The van der Waals surface area contributed by atoms with Crippen molar-refractivity contribution in [2.75, 3.05) is 24.6 Å². The summed E-state index contributed by atoms with van der Waals surface area (Å²) in [6.07, 6.45) is 2.55. The summed E-state index contributed by atoms with van der Waals surface area (Å²) in [5.74, 6) is 2.57. The van der Waals surface area contributed by atoms with Gasteiger partial charge in [0.25, 0.3) is 0 Å². The second-order valence-electron chi connectivity index (χ2n) is 3.48. The van der Waals surface area contributed by atoms with Gasteiger partial charge in [-0.25, -0.2) is 0 Å². The highest BCUT2D eigenvalue weighted by atomic mass is 32.2. The third-order valence-corrected chi connectivity index (χ3v) is 3.81. The van der Waals surface area contributed by atoms with E-state index < -0.39 is 0 Å². The molecular weight excluding hydrogens is 156 g/mol. The van der Waals surface area contributed by atoms with Crippen LogP contribution in [0.1, 0.15) is 12.8 Å². The Hall–Kier alpha value is 0.270. The van der Waals surface area contributed by atoms with E-state index in [1.54, 1.807) is 0 Å². The zero-order chi connectivity index (χ0) is 7.68. The number of rotatable bonds is 0. The molecule has 0 radical (unpaired) electrons. The van der Waals surface area contributed by atoms with Crippen LogP contribution in [0.2, 0.25) is 0 Å². The predicted molar refractivity (Wildman–Crippen MR) is 49.9 cm³/mol. The molecule has 0 aliphatic carbocycles. The van der Waals surface area contributed by atoms with Gasteiger partial charge in [-0.3, -0.25) is 4.90 Å². The van der Waals surface area contributed by atoms with Crippen molar-refractivity contribution in [3.63, 3.8) is 0 Å². The summed E-state index contributed by atoms with van der Waals surface area (Å²) in [7, 11) is 0. The van der Waals surface area contributed by atoms with E-state index in [1.165, 1.54) is 37.4 Å². The van der Waals surface area contributed by atoms with Crippen molar-refractivity contribution in [3.8, 4) is 0 Å². The van der Waals surface area contributed by atoms with E-state index in [9.17, 15) is 0 Å². The first-order chi connectivity index (χ1) is 5.38. The summed E-state index contributed by atoms with van der Waals surface area (Å²) in [5.41, 5.74) is 6.03. The van der Waals surface area contributed by atoms with Gasteiger partial charge < -0.3 is 5.73 Å². The van der Waals surface area contributed by atoms with Crippen LogP contribution < -0.4 is 5.73 Å². The van der Waals surface area contributed by atoms with E-state index in [-0.39, 0.29) is 0 Å². The largest absolute Gasteiger partial charge is 0.326 e. The predicted octanol–water partition coefficient (Wildman–Crippen LogP) is 0.525. The molecule has 0 bridgehead atoms. The van der Waals surface area contributed by atoms with Gasteiger partial charge in [0.2, 0.25) is 0 Å². The molecule has 2 rings (SSSR count). The number of hydrogen-bond donors (Lipinski definition) is 1. The molecule has 0 saturated carbocycles. The minimum Gasteiger partial charge on any atom is -0.326 e. The maximum atomic E-state index is 6.03. The Balaban J connectivity index is 1.99. The average Bonchev–Trinajstić information content (AvgIpc) is 2.06. The Morgan fingerprint density at radius 1 is 1.36 bits per heavy atom. The molecule has 2 aliphatic heterocycles. The first kappa shape index (κ1) is 7.90. The highest BCUT2D eigenvalue weighted by molar-refractivity contribution is 7.99. The minimum atomic E-state index is 0.455. The van der Waals surface area contributed by atoms with Crippen LogP contribution >= 0.6 is 11.8 Å². The molecule has 0 amide bonds. The van der Waals surface area contributed by atoms with Gasteiger partial charge in [0.05, 0.1) is 0 Å². The summed E-state index contributed by atoms with van der Waals surface area (Å²) in [6.45, 7) is 2.56. The summed E-state index contributed by atoms with van der Waals surface area (Å²) < 4.78 is 0. The van der Waals surface area contributed by atoms with Crippen LogP contribution in [0, 0.1) is 0 Å². The third kappa shape index (κ3) is 1.55. The van der Waals surface area contributed by atoms with Crippen molar-refractivity contribution in [1.29, 1.82) is 0 Å². The smallest absolute Gasteiger partial charge is 0.0338 e. The van der Waals surface area contributed by atoms with Gasteiger partial charge in [0.1, 0.15) is 0 Å². The molecule has 3 heteroatoms. The van der Waals surface area contributed by atoms with Gasteiger partial charge in [0, 0.05) is 30.1 Å². The number of piperidine rings is 1. The number of thioether (sulfide) groups is 1. The lowest BCUT2D eigenvalue weighted by atomic mass is 9.98. The topological polar surface area (TPSA) is 29.3 Å². The standard InChI is InChI=1S/C8H16N2S/c9-7-2-1-3-10-4-5-11-6-8(7)10/h7-8H,1-6,9H2/t7-,8-/m0/s1. The van der Waals surface area contributed by atoms with E-state index in [2.05, 4.69) is 16.7 Å². The van der Waals surface area contributed by atoms with E-state index in [4.69, 9.17) is 5.73 Å². The Bertz CT molecular complexity index is 138. The monoisotopic (exact) mass is 172 g/mol. The fraction of sp³-hybridized carbons (Fsp3) is 1.00. The van der Waals surface area contributed by atoms with Crippen LogP contribution in [0.3, 0.4) is 0 Å². The zero-order valence-corrected chi connectivity index (χ0v) is 7.65. The van der Waals surface area contributed by atoms with Crippen molar-refractivity contribution < 1.29 is 0 Å². The van der Waals surface area contributed by atoms with E-state index in [0.717, 1.165) is 0 Å². The lowest BCUT2D eigenvalue weighted by Crippen LogP contribution is -2.55. The lowest BCUT2D eigenvalue weighted by Gasteiger charge is -2.42. The van der Waals surface area contributed by atoms with Crippen molar-refractivity contribution in [2.45, 2.75) is 24.9 Å². The Kier molecular flexibility index (Phi) is 2.39. The summed E-state index contributed by atoms with van der Waals surface area (Å²) in [6, 6.07) is 1.15. The molecule has 2 fully saturated rings. The number of fused-ring (bicyclic) bond motifs is 1. The molecule has 2 nitrogen and oxygen atoms in total. The lowest BCUT2D eigenvalue weighted by molar-refractivity contribution is 0.148. The van der Waals surface area contributed by atoms with E-state index >= 15 is 0 Å². The van der Waals surface area contributed by atoms with Crippen LogP contribution in [0.15, 0.2) is 0 Å². The highest BCUT2D eigenvalue weighted by Gasteiger charge is 2.30. The molecule has 0 spiro atoms. The quantitative estimate of drug-likeness (QED) is 0.578. The van der Waals surface area contributed by atoms with Crippen LogP contribution in [0.5, 0.6) is 0 Å². The van der Waals surface area contributed by atoms with Gasteiger partial charge >= 0.3 is 0 Å². The van der Waals surface area contributed by atoms with Crippen molar-refractivity contribution in [3.05, 3.63) is 0 Å². The Morgan fingerprint density at radius 3 is 3.09 bits per heavy atom. The van der Waals surface area contributed by atoms with Gasteiger partial charge in [-0.1, -0.05) is 0 Å². The van der Waals surface area contributed by atoms with Crippen molar-refractivity contribution in [1.82, 2.24) is 4.90 Å². The second kappa shape index (κ2) is 3.33. The van der Waals surface area contributed by atoms with Gasteiger partial charge in [-0.15, -0.1) is 0 Å². The molecule has 0 aromatic carbocycles. The molecule has 64 valence electrons. The van der Waals surface area contributed by atoms with Crippen LogP contribution in [0.25, 0.3) is 0 Å². The molecule has 2 heterocycles. The molecule has 11 heavy (non-hydrogen) atoms. The molecule has 0 unspecified atom stereocenters. The zero-order valence-electron chi connectivity index (χ0n) is 6.83. The van der Waals surface area contributed by atoms with Gasteiger partial charge in [-0.2, -0.15) is 11.8 Å². The molecule has 2 N–H and O–H groups in total. The van der Waals surface area contributed by atoms with E-state index in [0.29, 0.717) is 12.1 Å². The van der Waals surface area contributed by atoms with Gasteiger partial charge in [-0.05, 0) is 19.4 Å².